The summed E-state index contributed by atoms with van der Waals surface area (Å²) in [6.45, 7) is 4.74. The van der Waals surface area contributed by atoms with Gasteiger partial charge in [-0.3, -0.25) is 4.79 Å². The molecular formula is C15H14N6OS3. The standard InChI is InChI=1S/C15H14N6OS3/c1-3-21-15(18-19-20-21)24-7-11-16-13(22)12-9(6-23-14(12)17-11)10-5-4-8(2)25-10/h4-6H,3,7H2,1-2H3,(H,16,17,22). The molecule has 0 unspecified atom stereocenters. The number of hydrogen-bond donors (Lipinski definition) is 1. The first-order valence-electron chi connectivity index (χ1n) is 7.62. The Balaban J connectivity index is 1.65. The molecule has 0 saturated carbocycles. The Morgan fingerprint density at radius 2 is 2.24 bits per heavy atom. The lowest BCUT2D eigenvalue weighted by atomic mass is 10.2. The van der Waals surface area contributed by atoms with Crippen molar-refractivity contribution >= 4 is 44.7 Å². The number of rotatable bonds is 5. The van der Waals surface area contributed by atoms with Crippen molar-refractivity contribution in [1.29, 1.82) is 0 Å². The van der Waals surface area contributed by atoms with Crippen molar-refractivity contribution in [3.8, 4) is 10.4 Å². The minimum Gasteiger partial charge on any atom is -0.309 e. The van der Waals surface area contributed by atoms with Gasteiger partial charge in [-0.05, 0) is 36.4 Å². The van der Waals surface area contributed by atoms with Crippen molar-refractivity contribution in [2.75, 3.05) is 0 Å². The average molecular weight is 391 g/mol. The van der Waals surface area contributed by atoms with Crippen LogP contribution in [0.25, 0.3) is 20.7 Å². The largest absolute Gasteiger partial charge is 0.309 e. The van der Waals surface area contributed by atoms with Gasteiger partial charge in [-0.15, -0.1) is 27.8 Å². The second kappa shape index (κ2) is 6.70. The molecule has 0 amide bonds. The molecule has 0 aromatic carbocycles. The van der Waals surface area contributed by atoms with E-state index in [4.69, 9.17) is 0 Å². The van der Waals surface area contributed by atoms with Crippen LogP contribution in [0.3, 0.4) is 0 Å². The number of thiophene rings is 2. The zero-order valence-electron chi connectivity index (χ0n) is 13.5. The van der Waals surface area contributed by atoms with Crippen molar-refractivity contribution < 1.29 is 0 Å². The molecule has 0 aliphatic rings. The number of aromatic amines is 1. The van der Waals surface area contributed by atoms with Crippen LogP contribution in [-0.2, 0) is 12.3 Å². The van der Waals surface area contributed by atoms with Gasteiger partial charge in [-0.2, -0.15) is 0 Å². The average Bonchev–Trinajstić information content (AvgIpc) is 3.31. The molecule has 128 valence electrons. The number of thioether (sulfide) groups is 1. The molecule has 4 aromatic heterocycles. The summed E-state index contributed by atoms with van der Waals surface area (Å²) in [5, 5.41) is 14.9. The first kappa shape index (κ1) is 16.4. The topological polar surface area (TPSA) is 89.3 Å². The van der Waals surface area contributed by atoms with Crippen LogP contribution in [0, 0.1) is 6.92 Å². The Bertz CT molecular complexity index is 1090. The van der Waals surface area contributed by atoms with Gasteiger partial charge in [0, 0.05) is 27.2 Å². The monoisotopic (exact) mass is 390 g/mol. The number of nitrogens with zero attached hydrogens (tertiary/aromatic N) is 5. The molecule has 0 spiro atoms. The number of hydrogen-bond acceptors (Lipinski definition) is 8. The molecule has 0 bridgehead atoms. The van der Waals surface area contributed by atoms with Gasteiger partial charge in [-0.1, -0.05) is 11.8 Å². The molecule has 7 nitrogen and oxygen atoms in total. The third-order valence-corrected chi connectivity index (χ3v) is 6.51. The molecule has 10 heteroatoms. The van der Waals surface area contributed by atoms with Gasteiger partial charge >= 0.3 is 0 Å². The van der Waals surface area contributed by atoms with Crippen LogP contribution >= 0.6 is 34.4 Å². The first-order valence-corrected chi connectivity index (χ1v) is 10.3. The minimum absolute atomic E-state index is 0.0991. The van der Waals surface area contributed by atoms with Crippen LogP contribution in [0.15, 0.2) is 27.5 Å². The van der Waals surface area contributed by atoms with Gasteiger partial charge in [0.2, 0.25) is 5.16 Å². The van der Waals surface area contributed by atoms with Crippen molar-refractivity contribution in [3.05, 3.63) is 38.6 Å². The molecule has 0 atom stereocenters. The lowest BCUT2D eigenvalue weighted by molar-refractivity contribution is 0.581. The van der Waals surface area contributed by atoms with E-state index in [2.05, 4.69) is 44.5 Å². The van der Waals surface area contributed by atoms with Gasteiger partial charge in [0.05, 0.1) is 11.1 Å². The number of tetrazole rings is 1. The van der Waals surface area contributed by atoms with Gasteiger partial charge in [0.1, 0.15) is 10.7 Å². The number of H-pyrrole nitrogens is 1. The van der Waals surface area contributed by atoms with Crippen molar-refractivity contribution in [2.45, 2.75) is 31.3 Å². The fourth-order valence-electron chi connectivity index (χ4n) is 2.45. The SMILES string of the molecule is CCn1nnnc1SCc1nc2scc(-c3ccc(C)s3)c2c(=O)[nH]1. The second-order valence-corrected chi connectivity index (χ2v) is 8.41. The summed E-state index contributed by atoms with van der Waals surface area (Å²) in [6.07, 6.45) is 0. The van der Waals surface area contributed by atoms with Crippen LogP contribution in [-0.4, -0.2) is 30.2 Å². The molecule has 0 aliphatic carbocycles. The van der Waals surface area contributed by atoms with Crippen LogP contribution in [0.5, 0.6) is 0 Å². The summed E-state index contributed by atoms with van der Waals surface area (Å²) < 4.78 is 1.71. The molecule has 1 N–H and O–H groups in total. The first-order chi connectivity index (χ1) is 12.2. The Hall–Kier alpha value is -2.04. The number of aryl methyl sites for hydroxylation is 2. The van der Waals surface area contributed by atoms with E-state index in [1.807, 2.05) is 12.3 Å². The Morgan fingerprint density at radius 1 is 1.36 bits per heavy atom. The van der Waals surface area contributed by atoms with Crippen molar-refractivity contribution in [1.82, 2.24) is 30.2 Å². The molecular weight excluding hydrogens is 376 g/mol. The minimum atomic E-state index is -0.0991. The van der Waals surface area contributed by atoms with E-state index in [9.17, 15) is 4.79 Å². The quantitative estimate of drug-likeness (QED) is 0.526. The molecule has 4 aromatic rings. The summed E-state index contributed by atoms with van der Waals surface area (Å²) in [4.78, 5) is 23.2. The smallest absolute Gasteiger partial charge is 0.260 e. The highest BCUT2D eigenvalue weighted by Gasteiger charge is 2.15. The molecule has 4 rings (SSSR count). The molecule has 0 radical (unpaired) electrons. The maximum absolute atomic E-state index is 12.6. The molecule has 0 aliphatic heterocycles. The third-order valence-electron chi connectivity index (χ3n) is 3.64. The predicted octanol–water partition coefficient (Wildman–Crippen LogP) is 3.32. The van der Waals surface area contributed by atoms with Crippen molar-refractivity contribution in [2.24, 2.45) is 0 Å². The van der Waals surface area contributed by atoms with E-state index in [0.717, 1.165) is 15.3 Å². The van der Waals surface area contributed by atoms with E-state index < -0.39 is 0 Å². The highest BCUT2D eigenvalue weighted by atomic mass is 32.2. The highest BCUT2D eigenvalue weighted by Crippen LogP contribution is 2.35. The fraction of sp³-hybridized carbons (Fsp3) is 0.267. The van der Waals surface area contributed by atoms with E-state index in [0.29, 0.717) is 28.7 Å². The number of nitrogens with one attached hydrogen (secondary N) is 1. The van der Waals surface area contributed by atoms with Crippen LogP contribution in [0.1, 0.15) is 17.6 Å². The van der Waals surface area contributed by atoms with Crippen LogP contribution in [0.4, 0.5) is 0 Å². The summed E-state index contributed by atoms with van der Waals surface area (Å²) in [5.74, 6) is 1.14. The summed E-state index contributed by atoms with van der Waals surface area (Å²) in [5.41, 5.74) is 0.860. The highest BCUT2D eigenvalue weighted by molar-refractivity contribution is 7.98. The molecule has 0 fully saturated rings. The van der Waals surface area contributed by atoms with Gasteiger partial charge in [0.15, 0.2) is 0 Å². The summed E-state index contributed by atoms with van der Waals surface area (Å²) >= 11 is 4.64. The van der Waals surface area contributed by atoms with Gasteiger partial charge in [-0.25, -0.2) is 9.67 Å². The zero-order chi connectivity index (χ0) is 17.4. The maximum atomic E-state index is 12.6. The summed E-state index contributed by atoms with van der Waals surface area (Å²) in [7, 11) is 0. The fourth-order valence-corrected chi connectivity index (χ4v) is 5.19. The van der Waals surface area contributed by atoms with E-state index in [-0.39, 0.29) is 5.56 Å². The number of fused-ring (bicyclic) bond motifs is 1. The second-order valence-electron chi connectivity index (χ2n) is 5.32. The Kier molecular flexibility index (Phi) is 4.40. The predicted molar refractivity (Wildman–Crippen MR) is 101 cm³/mol. The van der Waals surface area contributed by atoms with Gasteiger partial charge in [0.25, 0.3) is 5.56 Å². The third kappa shape index (κ3) is 3.12. The molecule has 4 heterocycles. The van der Waals surface area contributed by atoms with Gasteiger partial charge < -0.3 is 4.98 Å². The lowest BCUT2D eigenvalue weighted by Crippen LogP contribution is -2.11. The maximum Gasteiger partial charge on any atom is 0.260 e. The Labute approximate surface area is 155 Å². The van der Waals surface area contributed by atoms with Crippen molar-refractivity contribution in [3.63, 3.8) is 0 Å². The van der Waals surface area contributed by atoms with Crippen LogP contribution in [0.2, 0.25) is 0 Å². The molecule has 0 saturated heterocycles. The molecule has 25 heavy (non-hydrogen) atoms. The normalized spacial score (nSPS) is 11.4. The Morgan fingerprint density at radius 3 is 3.00 bits per heavy atom. The summed E-state index contributed by atoms with van der Waals surface area (Å²) in [6, 6.07) is 4.11. The lowest BCUT2D eigenvalue weighted by Gasteiger charge is -2.02. The number of aromatic nitrogens is 6. The van der Waals surface area contributed by atoms with E-state index >= 15 is 0 Å². The van der Waals surface area contributed by atoms with Crippen LogP contribution < -0.4 is 5.56 Å². The van der Waals surface area contributed by atoms with E-state index in [1.165, 1.54) is 28.0 Å². The van der Waals surface area contributed by atoms with E-state index in [1.54, 1.807) is 16.0 Å². The zero-order valence-corrected chi connectivity index (χ0v) is 16.0.